The van der Waals surface area contributed by atoms with Crippen molar-refractivity contribution in [1.29, 1.82) is 0 Å². The van der Waals surface area contributed by atoms with Crippen molar-refractivity contribution in [3.8, 4) is 0 Å². The summed E-state index contributed by atoms with van der Waals surface area (Å²) in [6.45, 7) is -0.689. The quantitative estimate of drug-likeness (QED) is 0.445. The molecule has 0 aliphatic heterocycles. The molecule has 0 unspecified atom stereocenters. The summed E-state index contributed by atoms with van der Waals surface area (Å²) < 4.78 is 43.9. The first-order valence-corrected chi connectivity index (χ1v) is 11.0. The number of anilines is 1. The molecule has 174 valence electrons. The summed E-state index contributed by atoms with van der Waals surface area (Å²) in [5, 5.41) is 2.17. The molecule has 4 rings (SSSR count). The van der Waals surface area contributed by atoms with Gasteiger partial charge in [0.1, 0.15) is 0 Å². The van der Waals surface area contributed by atoms with Crippen LogP contribution in [0.2, 0.25) is 5.02 Å². The predicted octanol–water partition coefficient (Wildman–Crippen LogP) is 5.39. The van der Waals surface area contributed by atoms with Gasteiger partial charge in [-0.25, -0.2) is 0 Å². The highest BCUT2D eigenvalue weighted by molar-refractivity contribution is 6.33. The number of nitrogens with one attached hydrogen (secondary N) is 1. The van der Waals surface area contributed by atoms with E-state index in [1.165, 1.54) is 0 Å². The van der Waals surface area contributed by atoms with Gasteiger partial charge in [-0.2, -0.15) is 13.2 Å². The van der Waals surface area contributed by atoms with Gasteiger partial charge in [0.2, 0.25) is 0 Å². The molecule has 5 nitrogen and oxygen atoms in total. The van der Waals surface area contributed by atoms with Crippen molar-refractivity contribution in [3.05, 3.63) is 64.7 Å². The molecular weight excluding hydrogens is 459 g/mol. The normalized spacial score (nSPS) is 23.9. The molecule has 0 radical (unpaired) electrons. The third kappa shape index (κ3) is 4.90. The number of hydrogen-bond donors (Lipinski definition) is 1. The minimum Gasteiger partial charge on any atom is -0.455 e. The Morgan fingerprint density at radius 3 is 2.33 bits per heavy atom. The third-order valence-corrected chi connectivity index (χ3v) is 6.79. The van der Waals surface area contributed by atoms with E-state index >= 15 is 0 Å². The van der Waals surface area contributed by atoms with Crippen LogP contribution in [0.3, 0.4) is 0 Å². The van der Waals surface area contributed by atoms with Gasteiger partial charge in [0.05, 0.1) is 22.2 Å². The molecule has 1 amide bonds. The van der Waals surface area contributed by atoms with E-state index < -0.39 is 42.1 Å². The van der Waals surface area contributed by atoms with Crippen molar-refractivity contribution >= 4 is 34.9 Å². The van der Waals surface area contributed by atoms with Crippen molar-refractivity contribution < 1.29 is 32.3 Å². The number of Topliss-reactive ketones (excluding diaryl/α,β-unsaturated/α-hetero) is 1. The fourth-order valence-electron chi connectivity index (χ4n) is 5.02. The topological polar surface area (TPSA) is 72.5 Å². The second kappa shape index (κ2) is 9.17. The second-order valence-corrected chi connectivity index (χ2v) is 8.87. The van der Waals surface area contributed by atoms with Gasteiger partial charge >= 0.3 is 12.1 Å². The van der Waals surface area contributed by atoms with Crippen LogP contribution in [0.4, 0.5) is 18.9 Å². The number of amides is 1. The molecule has 2 aromatic rings. The van der Waals surface area contributed by atoms with E-state index in [4.69, 9.17) is 16.3 Å². The lowest BCUT2D eigenvalue weighted by Gasteiger charge is -2.28. The minimum absolute atomic E-state index is 0.0149. The zero-order chi connectivity index (χ0) is 23.8. The smallest absolute Gasteiger partial charge is 0.416 e. The fourth-order valence-corrected chi connectivity index (χ4v) is 5.18. The van der Waals surface area contributed by atoms with Crippen LogP contribution >= 0.6 is 11.6 Å². The number of carbonyl (C=O) groups is 3. The molecule has 0 saturated heterocycles. The number of esters is 1. The lowest BCUT2D eigenvalue weighted by atomic mass is 9.75. The molecule has 2 bridgehead atoms. The van der Waals surface area contributed by atoms with E-state index in [0.717, 1.165) is 31.4 Å². The fraction of sp³-hybridized carbons (Fsp3) is 0.375. The largest absolute Gasteiger partial charge is 0.455 e. The number of fused-ring (bicyclic) bond motifs is 2. The van der Waals surface area contributed by atoms with Gasteiger partial charge in [0.15, 0.2) is 12.4 Å². The van der Waals surface area contributed by atoms with Crippen LogP contribution in [0, 0.1) is 23.7 Å². The van der Waals surface area contributed by atoms with Crippen molar-refractivity contribution in [2.24, 2.45) is 23.7 Å². The Bertz CT molecular complexity index is 1070. The first-order valence-electron chi connectivity index (χ1n) is 10.6. The van der Waals surface area contributed by atoms with Crippen LogP contribution in [0.25, 0.3) is 0 Å². The first kappa shape index (κ1) is 23.3. The van der Waals surface area contributed by atoms with Gasteiger partial charge in [-0.15, -0.1) is 0 Å². The summed E-state index contributed by atoms with van der Waals surface area (Å²) in [7, 11) is 0. The summed E-state index contributed by atoms with van der Waals surface area (Å²) in [5.74, 6) is -2.59. The average Bonchev–Trinajstić information content (AvgIpc) is 3.40. The van der Waals surface area contributed by atoms with Crippen molar-refractivity contribution in [1.82, 2.24) is 0 Å². The van der Waals surface area contributed by atoms with Gasteiger partial charge < -0.3 is 10.1 Å². The Balaban J connectivity index is 1.41. The summed E-state index contributed by atoms with van der Waals surface area (Å²) in [4.78, 5) is 38.2. The molecule has 4 atom stereocenters. The van der Waals surface area contributed by atoms with Crippen LogP contribution in [-0.4, -0.2) is 24.3 Å². The summed E-state index contributed by atoms with van der Waals surface area (Å²) in [5.41, 5.74) is -0.669. The molecule has 0 spiro atoms. The van der Waals surface area contributed by atoms with Crippen LogP contribution in [0.5, 0.6) is 0 Å². The highest BCUT2D eigenvalue weighted by Crippen LogP contribution is 2.53. The number of benzene rings is 2. The monoisotopic (exact) mass is 479 g/mol. The van der Waals surface area contributed by atoms with Crippen LogP contribution in [0.1, 0.15) is 35.2 Å². The average molecular weight is 480 g/mol. The SMILES string of the molecule is O=C(COC(=O)[C@H]1[C@H]2CC[C@@H](C2)[C@@H]1C(=O)c1ccccc1)Nc1cc(C(F)(F)F)ccc1Cl. The number of hydrogen-bond acceptors (Lipinski definition) is 4. The predicted molar refractivity (Wildman–Crippen MR) is 115 cm³/mol. The molecule has 1 N–H and O–H groups in total. The lowest BCUT2D eigenvalue weighted by molar-refractivity contribution is -0.154. The van der Waals surface area contributed by atoms with Gasteiger partial charge in [-0.05, 0) is 49.3 Å². The molecule has 2 aliphatic carbocycles. The van der Waals surface area contributed by atoms with E-state index in [0.29, 0.717) is 11.6 Å². The zero-order valence-corrected chi connectivity index (χ0v) is 18.2. The molecule has 0 heterocycles. The molecule has 2 saturated carbocycles. The molecule has 33 heavy (non-hydrogen) atoms. The molecule has 2 aliphatic rings. The molecule has 0 aromatic heterocycles. The van der Waals surface area contributed by atoms with Gasteiger partial charge in [-0.3, -0.25) is 14.4 Å². The van der Waals surface area contributed by atoms with Crippen molar-refractivity contribution in [3.63, 3.8) is 0 Å². The second-order valence-electron chi connectivity index (χ2n) is 8.46. The Morgan fingerprint density at radius 1 is 1.00 bits per heavy atom. The zero-order valence-electron chi connectivity index (χ0n) is 17.4. The van der Waals surface area contributed by atoms with Gasteiger partial charge in [0, 0.05) is 11.5 Å². The Hall–Kier alpha value is -2.87. The van der Waals surface area contributed by atoms with E-state index in [-0.39, 0.29) is 28.3 Å². The minimum atomic E-state index is -4.60. The third-order valence-electron chi connectivity index (χ3n) is 6.46. The Morgan fingerprint density at radius 2 is 1.67 bits per heavy atom. The van der Waals surface area contributed by atoms with Crippen molar-refractivity contribution in [2.45, 2.75) is 25.4 Å². The maximum atomic E-state index is 13.1. The molecular formula is C24H21ClF3NO4. The standard InChI is InChI=1S/C24H21ClF3NO4/c25-17-9-8-16(24(26,27)28)11-18(17)29-19(30)12-33-23(32)21-15-7-6-14(10-15)20(21)22(31)13-4-2-1-3-5-13/h1-5,8-9,11,14-15,20-21H,6-7,10,12H2,(H,29,30)/t14-,15-,20-,21-/m0/s1. The first-order chi connectivity index (χ1) is 15.6. The van der Waals surface area contributed by atoms with E-state index in [2.05, 4.69) is 5.32 Å². The summed E-state index contributed by atoms with van der Waals surface area (Å²) in [6.07, 6.45) is -2.16. The maximum absolute atomic E-state index is 13.1. The number of alkyl halides is 3. The highest BCUT2D eigenvalue weighted by atomic mass is 35.5. The Labute approximate surface area is 193 Å². The summed E-state index contributed by atoms with van der Waals surface area (Å²) >= 11 is 5.88. The molecule has 9 heteroatoms. The highest BCUT2D eigenvalue weighted by Gasteiger charge is 2.54. The maximum Gasteiger partial charge on any atom is 0.416 e. The van der Waals surface area contributed by atoms with Gasteiger partial charge in [0.25, 0.3) is 5.91 Å². The number of halogens is 4. The number of ether oxygens (including phenoxy) is 1. The van der Waals surface area contributed by atoms with E-state index in [1.807, 2.05) is 0 Å². The summed E-state index contributed by atoms with van der Waals surface area (Å²) in [6, 6.07) is 11.3. The number of ketones is 1. The number of rotatable bonds is 6. The lowest BCUT2D eigenvalue weighted by Crippen LogP contribution is -2.37. The number of carbonyl (C=O) groups excluding carboxylic acids is 3. The Kier molecular flexibility index (Phi) is 6.47. The molecule has 2 aromatic carbocycles. The van der Waals surface area contributed by atoms with Crippen LogP contribution in [-0.2, 0) is 20.5 Å². The molecule has 2 fully saturated rings. The van der Waals surface area contributed by atoms with Gasteiger partial charge in [-0.1, -0.05) is 41.9 Å². The van der Waals surface area contributed by atoms with E-state index in [9.17, 15) is 27.6 Å². The van der Waals surface area contributed by atoms with Crippen LogP contribution < -0.4 is 5.32 Å². The van der Waals surface area contributed by atoms with Crippen molar-refractivity contribution in [2.75, 3.05) is 11.9 Å². The van der Waals surface area contributed by atoms with E-state index in [1.54, 1.807) is 30.3 Å². The van der Waals surface area contributed by atoms with Crippen LogP contribution in [0.15, 0.2) is 48.5 Å².